The van der Waals surface area contributed by atoms with Gasteiger partial charge in [-0.05, 0) is 67.4 Å². The first-order valence-corrected chi connectivity index (χ1v) is 14.3. The van der Waals surface area contributed by atoms with E-state index in [1.165, 1.54) is 36.2 Å². The van der Waals surface area contributed by atoms with Crippen LogP contribution in [0.2, 0.25) is 15.1 Å². The number of halogens is 3. The van der Waals surface area contributed by atoms with E-state index in [1.54, 1.807) is 49.4 Å². The molecule has 3 aromatic rings. The van der Waals surface area contributed by atoms with Crippen LogP contribution in [0.25, 0.3) is 0 Å². The molecule has 0 aliphatic heterocycles. The summed E-state index contributed by atoms with van der Waals surface area (Å²) in [6.07, 6.45) is 0.307. The smallest absolute Gasteiger partial charge is 0.264 e. The van der Waals surface area contributed by atoms with E-state index in [2.05, 4.69) is 5.32 Å². The van der Waals surface area contributed by atoms with Gasteiger partial charge in [-0.25, -0.2) is 8.42 Å². The summed E-state index contributed by atoms with van der Waals surface area (Å²) in [6, 6.07) is 16.6. The Bertz CT molecular complexity index is 1400. The number of benzene rings is 3. The predicted molar refractivity (Wildman–Crippen MR) is 152 cm³/mol. The largest absolute Gasteiger partial charge is 0.357 e. The highest BCUT2D eigenvalue weighted by Crippen LogP contribution is 2.27. The predicted octanol–water partition coefficient (Wildman–Crippen LogP) is 5.70. The first kappa shape index (κ1) is 29.8. The van der Waals surface area contributed by atoms with E-state index in [9.17, 15) is 18.0 Å². The topological polar surface area (TPSA) is 86.8 Å². The Balaban J connectivity index is 2.06. The highest BCUT2D eigenvalue weighted by molar-refractivity contribution is 7.92. The maximum atomic E-state index is 13.9. The molecule has 3 aromatic carbocycles. The third-order valence-electron chi connectivity index (χ3n) is 5.97. The molecule has 0 saturated carbocycles. The first-order chi connectivity index (χ1) is 18.0. The lowest BCUT2D eigenvalue weighted by Crippen LogP contribution is -2.51. The monoisotopic (exact) mass is 595 g/mol. The zero-order chi connectivity index (χ0) is 28.0. The molecule has 0 fully saturated rings. The molecule has 11 heteroatoms. The summed E-state index contributed by atoms with van der Waals surface area (Å²) in [7, 11) is -2.69. The molecule has 0 spiro atoms. The lowest BCUT2D eigenvalue weighted by atomic mass is 10.1. The van der Waals surface area contributed by atoms with Crippen LogP contribution < -0.4 is 9.62 Å². The van der Waals surface area contributed by atoms with Gasteiger partial charge in [0, 0.05) is 18.6 Å². The molecule has 0 aliphatic carbocycles. The van der Waals surface area contributed by atoms with Gasteiger partial charge in [0.1, 0.15) is 12.6 Å². The van der Waals surface area contributed by atoms with Crippen LogP contribution in [0, 0.1) is 6.92 Å². The van der Waals surface area contributed by atoms with Gasteiger partial charge in [-0.3, -0.25) is 13.9 Å². The number of rotatable bonds is 10. The van der Waals surface area contributed by atoms with Crippen molar-refractivity contribution in [1.29, 1.82) is 0 Å². The molecule has 0 saturated heterocycles. The first-order valence-electron chi connectivity index (χ1n) is 11.8. The molecule has 1 atom stereocenters. The summed E-state index contributed by atoms with van der Waals surface area (Å²) >= 11 is 18.2. The summed E-state index contributed by atoms with van der Waals surface area (Å²) in [5.74, 6) is -0.937. The Morgan fingerprint density at radius 1 is 0.921 bits per heavy atom. The number of nitrogens with one attached hydrogen (secondary N) is 1. The standard InChI is InChI=1S/C27H28Cl3N3O4S/c1-4-25(27(35)31-3)32(16-19-7-14-23(29)24(30)15-19)26(34)17-33(21-10-5-18(2)6-11-21)38(36,37)22-12-8-20(28)9-13-22/h5-15,25H,4,16-17H2,1-3H3,(H,31,35)/t25-/m0/s1. The summed E-state index contributed by atoms with van der Waals surface area (Å²) in [6.45, 7) is 3.13. The number of nitrogens with zero attached hydrogens (tertiary/aromatic N) is 2. The molecule has 0 bridgehead atoms. The normalized spacial score (nSPS) is 12.1. The number of carbonyl (C=O) groups is 2. The number of amides is 2. The Morgan fingerprint density at radius 2 is 1.55 bits per heavy atom. The van der Waals surface area contributed by atoms with Gasteiger partial charge < -0.3 is 10.2 Å². The second-order valence-electron chi connectivity index (χ2n) is 8.61. The van der Waals surface area contributed by atoms with E-state index in [0.29, 0.717) is 32.7 Å². The number of carbonyl (C=O) groups excluding carboxylic acids is 2. The highest BCUT2D eigenvalue weighted by atomic mass is 35.5. The molecule has 202 valence electrons. The number of aryl methyl sites for hydroxylation is 1. The van der Waals surface area contributed by atoms with E-state index in [4.69, 9.17) is 34.8 Å². The highest BCUT2D eigenvalue weighted by Gasteiger charge is 2.33. The van der Waals surface area contributed by atoms with Crippen LogP contribution in [0.5, 0.6) is 0 Å². The quantitative estimate of drug-likeness (QED) is 0.325. The second kappa shape index (κ2) is 12.8. The zero-order valence-electron chi connectivity index (χ0n) is 21.1. The molecule has 38 heavy (non-hydrogen) atoms. The third kappa shape index (κ3) is 6.99. The second-order valence-corrected chi connectivity index (χ2v) is 11.7. The van der Waals surface area contributed by atoms with Gasteiger partial charge >= 0.3 is 0 Å². The molecule has 7 nitrogen and oxygen atoms in total. The van der Waals surface area contributed by atoms with E-state index in [1.807, 2.05) is 6.92 Å². The van der Waals surface area contributed by atoms with E-state index >= 15 is 0 Å². The molecule has 1 N–H and O–H groups in total. The van der Waals surface area contributed by atoms with Crippen LogP contribution in [0.1, 0.15) is 24.5 Å². The third-order valence-corrected chi connectivity index (χ3v) is 8.75. The molecular formula is C27H28Cl3N3O4S. The lowest BCUT2D eigenvalue weighted by molar-refractivity contribution is -0.140. The fraction of sp³-hybridized carbons (Fsp3) is 0.259. The van der Waals surface area contributed by atoms with Gasteiger partial charge in [-0.2, -0.15) is 0 Å². The molecule has 0 heterocycles. The van der Waals surface area contributed by atoms with Crippen LogP contribution in [0.15, 0.2) is 71.6 Å². The van der Waals surface area contributed by atoms with Crippen LogP contribution in [-0.2, 0) is 26.2 Å². The van der Waals surface area contributed by atoms with Crippen molar-refractivity contribution in [2.45, 2.75) is 37.8 Å². The van der Waals surface area contributed by atoms with Gasteiger partial charge in [-0.15, -0.1) is 0 Å². The molecule has 2 amide bonds. The molecule has 3 rings (SSSR count). The van der Waals surface area contributed by atoms with Gasteiger partial charge in [0.2, 0.25) is 11.8 Å². The van der Waals surface area contributed by atoms with Crippen LogP contribution in [-0.4, -0.2) is 44.8 Å². The fourth-order valence-electron chi connectivity index (χ4n) is 3.89. The van der Waals surface area contributed by atoms with Crippen LogP contribution in [0.3, 0.4) is 0 Å². The minimum absolute atomic E-state index is 0.0182. The van der Waals surface area contributed by atoms with Crippen molar-refractivity contribution >= 4 is 62.3 Å². The maximum Gasteiger partial charge on any atom is 0.264 e. The summed E-state index contributed by atoms with van der Waals surface area (Å²) in [5.41, 5.74) is 1.87. The Labute approximate surface area is 238 Å². The lowest BCUT2D eigenvalue weighted by Gasteiger charge is -2.33. The molecular weight excluding hydrogens is 569 g/mol. The van der Waals surface area contributed by atoms with Gasteiger partial charge in [0.25, 0.3) is 10.0 Å². The van der Waals surface area contributed by atoms with Crippen molar-refractivity contribution in [3.63, 3.8) is 0 Å². The number of hydrogen-bond acceptors (Lipinski definition) is 4. The van der Waals surface area contributed by atoms with E-state index < -0.39 is 28.5 Å². The molecule has 0 radical (unpaired) electrons. The van der Waals surface area contributed by atoms with Gasteiger partial charge in [0.05, 0.1) is 20.6 Å². The average Bonchev–Trinajstić information content (AvgIpc) is 2.89. The van der Waals surface area contributed by atoms with Crippen LogP contribution in [0.4, 0.5) is 5.69 Å². The molecule has 0 aliphatic rings. The summed E-state index contributed by atoms with van der Waals surface area (Å²) in [4.78, 5) is 27.9. The Kier molecular flexibility index (Phi) is 10.1. The minimum atomic E-state index is -4.17. The summed E-state index contributed by atoms with van der Waals surface area (Å²) < 4.78 is 28.6. The number of sulfonamides is 1. The van der Waals surface area contributed by atoms with Gasteiger partial charge in [0.15, 0.2) is 0 Å². The number of likely N-dealkylation sites (N-methyl/N-ethyl adjacent to an activating group) is 1. The maximum absolute atomic E-state index is 13.9. The van der Waals surface area contributed by atoms with Crippen LogP contribution >= 0.6 is 34.8 Å². The van der Waals surface area contributed by atoms with E-state index in [-0.39, 0.29) is 17.3 Å². The van der Waals surface area contributed by atoms with Crippen molar-refractivity contribution < 1.29 is 18.0 Å². The van der Waals surface area contributed by atoms with Gasteiger partial charge in [-0.1, -0.05) is 65.5 Å². The average molecular weight is 597 g/mol. The number of anilines is 1. The fourth-order valence-corrected chi connectivity index (χ4v) is 5.76. The SMILES string of the molecule is CC[C@@H](C(=O)NC)N(Cc1ccc(Cl)c(Cl)c1)C(=O)CN(c1ccc(C)cc1)S(=O)(=O)c1ccc(Cl)cc1. The minimum Gasteiger partial charge on any atom is -0.357 e. The summed E-state index contributed by atoms with van der Waals surface area (Å²) in [5, 5.41) is 3.62. The Hall–Kier alpha value is -2.78. The molecule has 0 aromatic heterocycles. The number of hydrogen-bond donors (Lipinski definition) is 1. The van der Waals surface area contributed by atoms with Crippen molar-refractivity contribution in [2.75, 3.05) is 17.9 Å². The van der Waals surface area contributed by atoms with Crippen molar-refractivity contribution in [3.05, 3.63) is 92.9 Å². The molecule has 0 unspecified atom stereocenters. The zero-order valence-corrected chi connectivity index (χ0v) is 24.2. The Morgan fingerprint density at radius 3 is 2.11 bits per heavy atom. The van der Waals surface area contributed by atoms with Crippen molar-refractivity contribution in [2.24, 2.45) is 0 Å². The van der Waals surface area contributed by atoms with Crippen molar-refractivity contribution in [3.8, 4) is 0 Å². The van der Waals surface area contributed by atoms with E-state index in [0.717, 1.165) is 9.87 Å². The van der Waals surface area contributed by atoms with Crippen molar-refractivity contribution in [1.82, 2.24) is 10.2 Å².